The Balaban J connectivity index is -0.0000000476. The van der Waals surface area contributed by atoms with Crippen molar-refractivity contribution in [1.29, 1.82) is 0 Å². The molecule has 0 aliphatic heterocycles. The molecule has 0 aromatic carbocycles. The Hall–Kier alpha value is 0.618. The molecule has 0 aromatic heterocycles. The van der Waals surface area contributed by atoms with E-state index in [9.17, 15) is 0 Å². The summed E-state index contributed by atoms with van der Waals surface area (Å²) in [5.41, 5.74) is 0. The van der Waals surface area contributed by atoms with Gasteiger partial charge in [-0.15, -0.1) is 0 Å². The predicted molar refractivity (Wildman–Crippen MR) is 120 cm³/mol. The number of hydrogen-bond acceptors (Lipinski definition) is 5. The minimum absolute atomic E-state index is 0. The fraction of sp³-hybridized carbons (Fsp3) is 1.00. The van der Waals surface area contributed by atoms with Crippen molar-refractivity contribution in [3.05, 3.63) is 0 Å². The van der Waals surface area contributed by atoms with Crippen molar-refractivity contribution in [2.45, 2.75) is 98.8 Å². The van der Waals surface area contributed by atoms with Crippen LogP contribution >= 0.6 is 0 Å². The van der Waals surface area contributed by atoms with Crippen molar-refractivity contribution in [1.82, 2.24) is 0 Å². The van der Waals surface area contributed by atoms with E-state index in [2.05, 4.69) is 34.6 Å². The molecule has 0 atom stereocenters. The molecule has 5 N–H and O–H groups in total. The number of unbranched alkanes of at least 4 members (excludes halogenated alkanes) is 5. The van der Waals surface area contributed by atoms with E-state index < -0.39 is 0 Å². The first-order valence-corrected chi connectivity index (χ1v) is 10.1. The molecule has 5 nitrogen and oxygen atoms in total. The molecule has 0 aliphatic rings. The third-order valence-electron chi connectivity index (χ3n) is 2.56. The van der Waals surface area contributed by atoms with Gasteiger partial charge in [0, 0.05) is 33.0 Å². The second kappa shape index (κ2) is 63.7. The van der Waals surface area contributed by atoms with Crippen LogP contribution in [-0.2, 0) is 0 Å². The maximum absolute atomic E-state index is 8.07. The Morgan fingerprint density at radius 1 is 0.346 bits per heavy atom. The van der Waals surface area contributed by atoms with E-state index in [-0.39, 0.29) is 24.4 Å². The SMILES string of the molecule is CCCCO.CCCCO.CCCCO.CCCCO.CCCCO.[SbH3]. The quantitative estimate of drug-likeness (QED) is 0.300. The third kappa shape index (κ3) is 122. The monoisotopic (exact) mass is 494 g/mol. The van der Waals surface area contributed by atoms with Crippen LogP contribution < -0.4 is 0 Å². The zero-order valence-corrected chi connectivity index (χ0v) is 22.6. The maximum atomic E-state index is 8.07. The van der Waals surface area contributed by atoms with Crippen LogP contribution in [0.2, 0.25) is 0 Å². The Kier molecular flexibility index (Phi) is 101. The summed E-state index contributed by atoms with van der Waals surface area (Å²) < 4.78 is 0. The summed E-state index contributed by atoms with van der Waals surface area (Å²) in [6.45, 7) is 12.0. The molecule has 0 aliphatic carbocycles. The first-order chi connectivity index (χ1) is 12.1. The number of aliphatic hydroxyl groups excluding tert-OH is 5. The van der Waals surface area contributed by atoms with Gasteiger partial charge in [-0.3, -0.25) is 0 Å². The van der Waals surface area contributed by atoms with E-state index in [0.29, 0.717) is 33.0 Å². The van der Waals surface area contributed by atoms with Crippen LogP contribution in [0.4, 0.5) is 0 Å². The van der Waals surface area contributed by atoms with Gasteiger partial charge in [-0.2, -0.15) is 0 Å². The van der Waals surface area contributed by atoms with Crippen molar-refractivity contribution in [2.24, 2.45) is 0 Å². The molecular formula is C20H53O5Sb. The van der Waals surface area contributed by atoms with Crippen molar-refractivity contribution >= 4 is 24.4 Å². The van der Waals surface area contributed by atoms with Gasteiger partial charge in [0.1, 0.15) is 0 Å². The fourth-order valence-electron chi connectivity index (χ4n) is 0.791. The molecule has 0 heterocycles. The van der Waals surface area contributed by atoms with Crippen LogP contribution in [0.5, 0.6) is 0 Å². The topological polar surface area (TPSA) is 101 Å². The van der Waals surface area contributed by atoms with Crippen LogP contribution in [0, 0.1) is 0 Å². The molecule has 0 amide bonds. The zero-order chi connectivity index (χ0) is 20.6. The molecule has 0 spiro atoms. The Morgan fingerprint density at radius 3 is 0.462 bits per heavy atom. The molecule has 168 valence electrons. The average Bonchev–Trinajstić information content (AvgIpc) is 2.61. The van der Waals surface area contributed by atoms with Crippen LogP contribution in [0.15, 0.2) is 0 Å². The molecule has 0 saturated carbocycles. The molecule has 0 saturated heterocycles. The van der Waals surface area contributed by atoms with E-state index in [1.54, 1.807) is 0 Å². The van der Waals surface area contributed by atoms with Gasteiger partial charge in [0.05, 0.1) is 0 Å². The summed E-state index contributed by atoms with van der Waals surface area (Å²) in [5.74, 6) is 0. The molecule has 0 fully saturated rings. The van der Waals surface area contributed by atoms with Gasteiger partial charge in [-0.1, -0.05) is 66.7 Å². The molecule has 6 heteroatoms. The van der Waals surface area contributed by atoms with Gasteiger partial charge < -0.3 is 25.5 Å². The molecule has 0 radical (unpaired) electrons. The van der Waals surface area contributed by atoms with Crippen LogP contribution in [-0.4, -0.2) is 83.0 Å². The summed E-state index contributed by atoms with van der Waals surface area (Å²) in [7, 11) is 0. The van der Waals surface area contributed by atoms with Gasteiger partial charge >= 0.3 is 24.4 Å². The number of aliphatic hydroxyl groups is 5. The molecule has 26 heavy (non-hydrogen) atoms. The molecular weight excluding hydrogens is 442 g/mol. The third-order valence-corrected chi connectivity index (χ3v) is 2.56. The van der Waals surface area contributed by atoms with E-state index in [1.165, 1.54) is 0 Å². The van der Waals surface area contributed by atoms with Crippen molar-refractivity contribution in [3.63, 3.8) is 0 Å². The van der Waals surface area contributed by atoms with Crippen molar-refractivity contribution in [3.8, 4) is 0 Å². The summed E-state index contributed by atoms with van der Waals surface area (Å²) in [4.78, 5) is 0. The van der Waals surface area contributed by atoms with Gasteiger partial charge in [-0.05, 0) is 32.1 Å². The Labute approximate surface area is 181 Å². The van der Waals surface area contributed by atoms with E-state index >= 15 is 0 Å². The molecule has 0 unspecified atom stereocenters. The average molecular weight is 495 g/mol. The van der Waals surface area contributed by atoms with Gasteiger partial charge in [0.15, 0.2) is 0 Å². The van der Waals surface area contributed by atoms with Gasteiger partial charge in [0.2, 0.25) is 0 Å². The molecule has 0 rings (SSSR count). The second-order valence-corrected chi connectivity index (χ2v) is 5.39. The summed E-state index contributed by atoms with van der Waals surface area (Å²) in [6, 6.07) is 0. The minimum atomic E-state index is 0. The van der Waals surface area contributed by atoms with Gasteiger partial charge in [0.25, 0.3) is 0 Å². The standard InChI is InChI=1S/5C4H10O.Sb.3H/c5*1-2-3-4-5;;;;/h5*5H,2-4H2,1H3;;;;. The van der Waals surface area contributed by atoms with Crippen LogP contribution in [0.25, 0.3) is 0 Å². The fourth-order valence-corrected chi connectivity index (χ4v) is 0.791. The van der Waals surface area contributed by atoms with E-state index in [4.69, 9.17) is 25.5 Å². The van der Waals surface area contributed by atoms with Crippen LogP contribution in [0.3, 0.4) is 0 Å². The Morgan fingerprint density at radius 2 is 0.462 bits per heavy atom. The number of rotatable bonds is 10. The van der Waals surface area contributed by atoms with E-state index in [0.717, 1.165) is 64.2 Å². The predicted octanol–water partition coefficient (Wildman–Crippen LogP) is 2.71. The van der Waals surface area contributed by atoms with Crippen LogP contribution in [0.1, 0.15) is 98.8 Å². The van der Waals surface area contributed by atoms with Crippen molar-refractivity contribution in [2.75, 3.05) is 33.0 Å². The first-order valence-electron chi connectivity index (χ1n) is 10.1. The summed E-state index contributed by atoms with van der Waals surface area (Å²) >= 11 is 0. The normalized spacial score (nSPS) is 8.08. The zero-order valence-electron chi connectivity index (χ0n) is 18.5. The van der Waals surface area contributed by atoms with Crippen molar-refractivity contribution < 1.29 is 25.5 Å². The number of hydrogen-bond donors (Lipinski definition) is 5. The van der Waals surface area contributed by atoms with Gasteiger partial charge in [-0.25, -0.2) is 0 Å². The summed E-state index contributed by atoms with van der Waals surface area (Å²) in [6.07, 6.45) is 10.2. The second-order valence-electron chi connectivity index (χ2n) is 5.39. The molecule has 0 aromatic rings. The summed E-state index contributed by atoms with van der Waals surface area (Å²) in [5, 5.41) is 40.3. The van der Waals surface area contributed by atoms with E-state index in [1.807, 2.05) is 0 Å². The molecule has 0 bridgehead atoms. The first kappa shape index (κ1) is 41.1. The Bertz CT molecular complexity index is 96.5.